The molecular weight excluding hydrogens is 148 g/mol. The summed E-state index contributed by atoms with van der Waals surface area (Å²) >= 11 is 0. The van der Waals surface area contributed by atoms with E-state index < -0.39 is 0 Å². The lowest BCUT2D eigenvalue weighted by Gasteiger charge is -2.58. The van der Waals surface area contributed by atoms with E-state index in [0.29, 0.717) is 11.3 Å². The quantitative estimate of drug-likeness (QED) is 0.585. The summed E-state index contributed by atoms with van der Waals surface area (Å²) in [5, 5.41) is 9.84. The fourth-order valence-electron chi connectivity index (χ4n) is 4.29. The van der Waals surface area contributed by atoms with Crippen molar-refractivity contribution in [1.29, 1.82) is 0 Å². The molecule has 0 aromatic carbocycles. The first-order chi connectivity index (χ1) is 5.83. The molecule has 12 heavy (non-hydrogen) atoms. The van der Waals surface area contributed by atoms with E-state index in [2.05, 4.69) is 0 Å². The molecule has 1 N–H and O–H groups in total. The van der Waals surface area contributed by atoms with Crippen molar-refractivity contribution < 1.29 is 5.11 Å². The molecule has 0 aromatic heterocycles. The van der Waals surface area contributed by atoms with E-state index in [1.807, 2.05) is 0 Å². The molecular formula is C11H18O. The Morgan fingerprint density at radius 3 is 2.58 bits per heavy atom. The molecule has 0 unspecified atom stereocenters. The third-order valence-electron chi connectivity index (χ3n) is 4.89. The second-order valence-electron chi connectivity index (χ2n) is 5.12. The van der Waals surface area contributed by atoms with Gasteiger partial charge in [0.15, 0.2) is 0 Å². The maximum absolute atomic E-state index is 9.84. The van der Waals surface area contributed by atoms with Crippen LogP contribution in [-0.4, -0.2) is 11.2 Å². The van der Waals surface area contributed by atoms with E-state index in [1.54, 1.807) is 0 Å². The van der Waals surface area contributed by atoms with Gasteiger partial charge in [0.1, 0.15) is 0 Å². The standard InChI is InChI=1S/C11H18O/c12-10-4-2-6-11-5-1-3-8(11)7-9(10)11/h8-10,12H,1-7H2/t8-,9+,10+,11+/m1/s1. The van der Waals surface area contributed by atoms with Crippen molar-refractivity contribution in [2.45, 2.75) is 51.0 Å². The molecule has 0 aromatic rings. The van der Waals surface area contributed by atoms with Crippen molar-refractivity contribution in [1.82, 2.24) is 0 Å². The van der Waals surface area contributed by atoms with Gasteiger partial charge in [-0.2, -0.15) is 0 Å². The van der Waals surface area contributed by atoms with Crippen LogP contribution in [0.1, 0.15) is 44.9 Å². The molecule has 1 spiro atoms. The lowest BCUT2D eigenvalue weighted by Crippen LogP contribution is -2.53. The molecule has 0 amide bonds. The Kier molecular flexibility index (Phi) is 1.39. The van der Waals surface area contributed by atoms with Crippen LogP contribution in [0.25, 0.3) is 0 Å². The third-order valence-corrected chi connectivity index (χ3v) is 4.89. The van der Waals surface area contributed by atoms with Gasteiger partial charge in [0.2, 0.25) is 0 Å². The molecule has 3 saturated carbocycles. The van der Waals surface area contributed by atoms with Gasteiger partial charge in [-0.05, 0) is 49.4 Å². The van der Waals surface area contributed by atoms with E-state index in [-0.39, 0.29) is 6.10 Å². The predicted molar refractivity (Wildman–Crippen MR) is 47.7 cm³/mol. The van der Waals surface area contributed by atoms with Crippen molar-refractivity contribution in [3.05, 3.63) is 0 Å². The highest BCUT2D eigenvalue weighted by Crippen LogP contribution is 2.66. The van der Waals surface area contributed by atoms with Crippen LogP contribution in [0, 0.1) is 17.3 Å². The Labute approximate surface area is 74.2 Å². The number of hydrogen-bond acceptors (Lipinski definition) is 1. The molecule has 3 rings (SSSR count). The molecule has 3 aliphatic rings. The van der Waals surface area contributed by atoms with Gasteiger partial charge in [-0.1, -0.05) is 12.8 Å². The van der Waals surface area contributed by atoms with E-state index in [0.717, 1.165) is 12.3 Å². The van der Waals surface area contributed by atoms with E-state index in [4.69, 9.17) is 0 Å². The van der Waals surface area contributed by atoms with Gasteiger partial charge < -0.3 is 5.11 Å². The van der Waals surface area contributed by atoms with E-state index >= 15 is 0 Å². The minimum Gasteiger partial charge on any atom is -0.393 e. The summed E-state index contributed by atoms with van der Waals surface area (Å²) in [5.41, 5.74) is 0.650. The summed E-state index contributed by atoms with van der Waals surface area (Å²) in [6.45, 7) is 0. The fraction of sp³-hybridized carbons (Fsp3) is 1.00. The molecule has 3 aliphatic carbocycles. The Balaban J connectivity index is 1.87. The van der Waals surface area contributed by atoms with Crippen LogP contribution >= 0.6 is 0 Å². The highest BCUT2D eigenvalue weighted by atomic mass is 16.3. The number of aliphatic hydroxyl groups is 1. The zero-order valence-corrected chi connectivity index (χ0v) is 7.63. The summed E-state index contributed by atoms with van der Waals surface area (Å²) in [6, 6.07) is 0. The average Bonchev–Trinajstić information content (AvgIpc) is 2.33. The zero-order valence-electron chi connectivity index (χ0n) is 7.63. The molecule has 3 fully saturated rings. The second kappa shape index (κ2) is 2.25. The van der Waals surface area contributed by atoms with Crippen molar-refractivity contribution in [2.24, 2.45) is 17.3 Å². The molecule has 0 radical (unpaired) electrons. The lowest BCUT2D eigenvalue weighted by molar-refractivity contribution is -0.131. The molecule has 1 nitrogen and oxygen atoms in total. The van der Waals surface area contributed by atoms with Crippen molar-refractivity contribution in [3.63, 3.8) is 0 Å². The Hall–Kier alpha value is -0.0400. The maximum Gasteiger partial charge on any atom is 0.0573 e. The topological polar surface area (TPSA) is 20.2 Å². The summed E-state index contributed by atoms with van der Waals surface area (Å²) in [6.07, 6.45) is 9.54. The molecule has 0 heterocycles. The molecule has 1 heteroatoms. The van der Waals surface area contributed by atoms with Gasteiger partial charge in [-0.3, -0.25) is 0 Å². The number of rotatable bonds is 0. The second-order valence-corrected chi connectivity index (χ2v) is 5.12. The van der Waals surface area contributed by atoms with E-state index in [9.17, 15) is 5.11 Å². The first-order valence-electron chi connectivity index (χ1n) is 5.51. The minimum atomic E-state index is 0.0631. The van der Waals surface area contributed by atoms with Crippen LogP contribution < -0.4 is 0 Å². The molecule has 4 atom stereocenters. The zero-order chi connectivity index (χ0) is 8.18. The molecule has 0 bridgehead atoms. The Morgan fingerprint density at radius 1 is 1.08 bits per heavy atom. The number of aliphatic hydroxyl groups excluding tert-OH is 1. The highest BCUT2D eigenvalue weighted by molar-refractivity contribution is 5.09. The van der Waals surface area contributed by atoms with Crippen LogP contribution in [0.2, 0.25) is 0 Å². The third kappa shape index (κ3) is 0.693. The summed E-state index contributed by atoms with van der Waals surface area (Å²) in [5.74, 6) is 1.72. The van der Waals surface area contributed by atoms with Crippen molar-refractivity contribution >= 4 is 0 Å². The van der Waals surface area contributed by atoms with Crippen molar-refractivity contribution in [2.75, 3.05) is 0 Å². The predicted octanol–water partition coefficient (Wildman–Crippen LogP) is 2.34. The summed E-state index contributed by atoms with van der Waals surface area (Å²) in [7, 11) is 0. The van der Waals surface area contributed by atoms with Gasteiger partial charge in [0.25, 0.3) is 0 Å². The molecule has 0 saturated heterocycles. The monoisotopic (exact) mass is 166 g/mol. The maximum atomic E-state index is 9.84. The average molecular weight is 166 g/mol. The first-order valence-corrected chi connectivity index (χ1v) is 5.51. The van der Waals surface area contributed by atoms with Crippen molar-refractivity contribution in [3.8, 4) is 0 Å². The van der Waals surface area contributed by atoms with Gasteiger partial charge in [-0.25, -0.2) is 0 Å². The SMILES string of the molecule is O[C@H]1CCC[C@@]23CCC[C@@H]2C[C@@H]13. The minimum absolute atomic E-state index is 0.0631. The summed E-state index contributed by atoms with van der Waals surface area (Å²) in [4.78, 5) is 0. The van der Waals surface area contributed by atoms with Gasteiger partial charge in [0.05, 0.1) is 6.10 Å². The van der Waals surface area contributed by atoms with Crippen LogP contribution in [0.4, 0.5) is 0 Å². The molecule has 0 aliphatic heterocycles. The Morgan fingerprint density at radius 2 is 1.83 bits per heavy atom. The fourth-order valence-corrected chi connectivity index (χ4v) is 4.29. The van der Waals surface area contributed by atoms with Crippen LogP contribution in [0.3, 0.4) is 0 Å². The largest absolute Gasteiger partial charge is 0.393 e. The molecule has 68 valence electrons. The first kappa shape index (κ1) is 7.37. The lowest BCUT2D eigenvalue weighted by atomic mass is 9.48. The van der Waals surface area contributed by atoms with Gasteiger partial charge in [-0.15, -0.1) is 0 Å². The van der Waals surface area contributed by atoms with E-state index in [1.165, 1.54) is 38.5 Å². The normalized spacial score (nSPS) is 57.2. The van der Waals surface area contributed by atoms with Crippen LogP contribution in [0.5, 0.6) is 0 Å². The van der Waals surface area contributed by atoms with Gasteiger partial charge >= 0.3 is 0 Å². The summed E-state index contributed by atoms with van der Waals surface area (Å²) < 4.78 is 0. The Bertz CT molecular complexity index is 201. The van der Waals surface area contributed by atoms with Gasteiger partial charge in [0, 0.05) is 0 Å². The number of hydrogen-bond donors (Lipinski definition) is 1. The smallest absolute Gasteiger partial charge is 0.0573 e. The van der Waals surface area contributed by atoms with Crippen LogP contribution in [0.15, 0.2) is 0 Å². The van der Waals surface area contributed by atoms with Crippen LogP contribution in [-0.2, 0) is 0 Å². The highest BCUT2D eigenvalue weighted by Gasteiger charge is 2.59.